The fourth-order valence-corrected chi connectivity index (χ4v) is 6.25. The van der Waals surface area contributed by atoms with Crippen molar-refractivity contribution in [2.75, 3.05) is 5.75 Å². The van der Waals surface area contributed by atoms with Crippen molar-refractivity contribution in [1.82, 2.24) is 9.55 Å². The molecule has 3 aromatic rings. The van der Waals surface area contributed by atoms with Gasteiger partial charge in [0.1, 0.15) is 4.83 Å². The summed E-state index contributed by atoms with van der Waals surface area (Å²) >= 11 is 3.43. The highest BCUT2D eigenvalue weighted by Gasteiger charge is 2.32. The minimum absolute atomic E-state index is 0.0986. The van der Waals surface area contributed by atoms with Gasteiger partial charge in [-0.2, -0.15) is 0 Å². The van der Waals surface area contributed by atoms with Gasteiger partial charge in [-0.05, 0) is 54.7 Å². The van der Waals surface area contributed by atoms with Crippen LogP contribution >= 0.6 is 23.1 Å². The number of benzene rings is 1. The van der Waals surface area contributed by atoms with Crippen LogP contribution in [0.25, 0.3) is 15.9 Å². The Labute approximate surface area is 175 Å². The maximum atomic E-state index is 13.6. The van der Waals surface area contributed by atoms with E-state index < -0.39 is 0 Å². The largest absolute Gasteiger partial charge is 0.268 e. The monoisotopic (exact) mass is 412 g/mol. The standard InChI is InChI=1S/C23H28N2OS2/c1-5-13-27-22-24-20-19(21(26)25(22)16-9-7-6-8-10-16)17-12-11-15(23(2,3)4)14-18(17)28-20/h6-10,15H,5,11-14H2,1-4H3/t15-/m0/s1. The van der Waals surface area contributed by atoms with E-state index in [0.29, 0.717) is 11.3 Å². The van der Waals surface area contributed by atoms with Crippen LogP contribution in [0.1, 0.15) is 51.0 Å². The minimum Gasteiger partial charge on any atom is -0.268 e. The van der Waals surface area contributed by atoms with Crippen molar-refractivity contribution >= 4 is 33.3 Å². The Morgan fingerprint density at radius 2 is 2.00 bits per heavy atom. The van der Waals surface area contributed by atoms with E-state index in [1.54, 1.807) is 23.1 Å². The molecule has 2 aromatic heterocycles. The Morgan fingerprint density at radius 3 is 2.68 bits per heavy atom. The van der Waals surface area contributed by atoms with Gasteiger partial charge in [-0.3, -0.25) is 9.36 Å². The average Bonchev–Trinajstić information content (AvgIpc) is 3.04. The van der Waals surface area contributed by atoms with Crippen molar-refractivity contribution in [3.63, 3.8) is 0 Å². The topological polar surface area (TPSA) is 34.9 Å². The van der Waals surface area contributed by atoms with Crippen LogP contribution < -0.4 is 5.56 Å². The molecule has 0 saturated heterocycles. The zero-order valence-corrected chi connectivity index (χ0v) is 18.8. The molecule has 0 unspecified atom stereocenters. The van der Waals surface area contributed by atoms with Gasteiger partial charge >= 0.3 is 0 Å². The van der Waals surface area contributed by atoms with Crippen LogP contribution in [-0.2, 0) is 12.8 Å². The maximum absolute atomic E-state index is 13.6. The van der Waals surface area contributed by atoms with Gasteiger partial charge in [0, 0.05) is 10.6 Å². The summed E-state index contributed by atoms with van der Waals surface area (Å²) in [6.07, 6.45) is 4.27. The predicted molar refractivity (Wildman–Crippen MR) is 121 cm³/mol. The molecule has 0 saturated carbocycles. The molecule has 3 nitrogen and oxygen atoms in total. The third-order valence-corrected chi connectivity index (χ3v) is 8.02. The molecule has 1 atom stereocenters. The molecule has 0 radical (unpaired) electrons. The summed E-state index contributed by atoms with van der Waals surface area (Å²) in [5.74, 6) is 1.63. The number of rotatable bonds is 4. The summed E-state index contributed by atoms with van der Waals surface area (Å²) in [6.45, 7) is 9.15. The normalized spacial score (nSPS) is 17.1. The van der Waals surface area contributed by atoms with Gasteiger partial charge in [-0.1, -0.05) is 57.7 Å². The van der Waals surface area contributed by atoms with Crippen LogP contribution in [0.3, 0.4) is 0 Å². The van der Waals surface area contributed by atoms with Gasteiger partial charge in [0.25, 0.3) is 5.56 Å². The van der Waals surface area contributed by atoms with E-state index in [4.69, 9.17) is 4.98 Å². The molecule has 0 aliphatic heterocycles. The lowest BCUT2D eigenvalue weighted by molar-refractivity contribution is 0.218. The van der Waals surface area contributed by atoms with E-state index in [-0.39, 0.29) is 5.56 Å². The summed E-state index contributed by atoms with van der Waals surface area (Å²) in [7, 11) is 0. The molecule has 1 aromatic carbocycles. The van der Waals surface area contributed by atoms with Gasteiger partial charge < -0.3 is 0 Å². The van der Waals surface area contributed by atoms with Crippen molar-refractivity contribution in [3.05, 3.63) is 51.1 Å². The zero-order chi connectivity index (χ0) is 19.9. The highest BCUT2D eigenvalue weighted by molar-refractivity contribution is 7.99. The number of thioether (sulfide) groups is 1. The summed E-state index contributed by atoms with van der Waals surface area (Å²) < 4.78 is 1.82. The number of hydrogen-bond acceptors (Lipinski definition) is 4. The molecule has 2 heterocycles. The molecule has 148 valence electrons. The molecule has 0 bridgehead atoms. The van der Waals surface area contributed by atoms with Crippen molar-refractivity contribution in [2.24, 2.45) is 11.3 Å². The third-order valence-electron chi connectivity index (χ3n) is 5.73. The summed E-state index contributed by atoms with van der Waals surface area (Å²) in [5.41, 5.74) is 2.56. The molecular formula is C23H28N2OS2. The van der Waals surface area contributed by atoms with E-state index in [9.17, 15) is 4.79 Å². The Morgan fingerprint density at radius 1 is 1.25 bits per heavy atom. The average molecular weight is 413 g/mol. The first kappa shape index (κ1) is 19.7. The van der Waals surface area contributed by atoms with E-state index in [1.807, 2.05) is 34.9 Å². The zero-order valence-electron chi connectivity index (χ0n) is 17.1. The summed E-state index contributed by atoms with van der Waals surface area (Å²) in [6, 6.07) is 9.95. The van der Waals surface area contributed by atoms with Gasteiger partial charge in [0.15, 0.2) is 5.16 Å². The SMILES string of the molecule is CCCSc1nc2sc3c(c2c(=O)n1-c1ccccc1)CC[C@H](C(C)(C)C)C3. The van der Waals surface area contributed by atoms with Crippen molar-refractivity contribution in [3.8, 4) is 5.69 Å². The Balaban J connectivity index is 1.90. The molecule has 0 N–H and O–H groups in total. The number of aromatic nitrogens is 2. The fourth-order valence-electron chi connectivity index (χ4n) is 4.04. The summed E-state index contributed by atoms with van der Waals surface area (Å²) in [5, 5.41) is 1.67. The van der Waals surface area contributed by atoms with Crippen LogP contribution in [0.2, 0.25) is 0 Å². The Kier molecular flexibility index (Phi) is 5.41. The molecule has 28 heavy (non-hydrogen) atoms. The van der Waals surface area contributed by atoms with Crippen LogP contribution in [0.4, 0.5) is 0 Å². The van der Waals surface area contributed by atoms with Crippen molar-refractivity contribution in [2.45, 2.75) is 58.5 Å². The molecular weight excluding hydrogens is 384 g/mol. The Hall–Kier alpha value is -1.59. The van der Waals surface area contributed by atoms with E-state index >= 15 is 0 Å². The number of nitrogens with zero attached hydrogens (tertiary/aromatic N) is 2. The number of thiophene rings is 1. The first-order valence-corrected chi connectivity index (χ1v) is 12.0. The van der Waals surface area contributed by atoms with Crippen LogP contribution in [0.5, 0.6) is 0 Å². The molecule has 1 aliphatic rings. The van der Waals surface area contributed by atoms with E-state index in [0.717, 1.165) is 52.5 Å². The second-order valence-corrected chi connectivity index (χ2v) is 10.9. The first-order chi connectivity index (χ1) is 13.4. The predicted octanol–water partition coefficient (Wildman–Crippen LogP) is 6.10. The Bertz CT molecular complexity index is 1040. The molecule has 1 aliphatic carbocycles. The molecule has 0 amide bonds. The van der Waals surface area contributed by atoms with Crippen LogP contribution in [0, 0.1) is 11.3 Å². The second-order valence-electron chi connectivity index (χ2n) is 8.71. The van der Waals surface area contributed by atoms with E-state index in [1.165, 1.54) is 10.4 Å². The van der Waals surface area contributed by atoms with Crippen LogP contribution in [-0.4, -0.2) is 15.3 Å². The quantitative estimate of drug-likeness (QED) is 0.383. The summed E-state index contributed by atoms with van der Waals surface area (Å²) in [4.78, 5) is 20.9. The number of aryl methyl sites for hydroxylation is 1. The maximum Gasteiger partial charge on any atom is 0.267 e. The van der Waals surface area contributed by atoms with Crippen LogP contribution in [0.15, 0.2) is 40.3 Å². The third kappa shape index (κ3) is 3.55. The smallest absolute Gasteiger partial charge is 0.267 e. The van der Waals surface area contributed by atoms with Crippen molar-refractivity contribution in [1.29, 1.82) is 0 Å². The fraction of sp³-hybridized carbons (Fsp3) is 0.478. The first-order valence-electron chi connectivity index (χ1n) is 10.2. The highest BCUT2D eigenvalue weighted by atomic mass is 32.2. The second kappa shape index (κ2) is 7.68. The number of hydrogen-bond donors (Lipinski definition) is 0. The van der Waals surface area contributed by atoms with Gasteiger partial charge in [-0.15, -0.1) is 11.3 Å². The van der Waals surface area contributed by atoms with Gasteiger partial charge in [0.05, 0.1) is 11.1 Å². The lowest BCUT2D eigenvalue weighted by atomic mass is 9.72. The highest BCUT2D eigenvalue weighted by Crippen LogP contribution is 2.42. The molecule has 0 fully saturated rings. The number of fused-ring (bicyclic) bond motifs is 3. The van der Waals surface area contributed by atoms with Gasteiger partial charge in [0.2, 0.25) is 0 Å². The molecule has 5 heteroatoms. The molecule has 4 rings (SSSR count). The number of para-hydroxylation sites is 1. The molecule has 0 spiro atoms. The lowest BCUT2D eigenvalue weighted by Gasteiger charge is -2.33. The minimum atomic E-state index is 0.0986. The van der Waals surface area contributed by atoms with Gasteiger partial charge in [-0.25, -0.2) is 4.98 Å². The van der Waals surface area contributed by atoms with Crippen molar-refractivity contribution < 1.29 is 0 Å². The van der Waals surface area contributed by atoms with E-state index in [2.05, 4.69) is 27.7 Å². The lowest BCUT2D eigenvalue weighted by Crippen LogP contribution is -2.27.